The number of hydrogen-bond donors (Lipinski definition) is 0. The van der Waals surface area contributed by atoms with Crippen molar-refractivity contribution < 1.29 is 9.21 Å². The maximum Gasteiger partial charge on any atom is 0.267 e. The highest BCUT2D eigenvalue weighted by atomic mass is 32.2. The summed E-state index contributed by atoms with van der Waals surface area (Å²) in [7, 11) is 0. The quantitative estimate of drug-likeness (QED) is 0.294. The van der Waals surface area contributed by atoms with E-state index in [1.165, 1.54) is 17.3 Å². The van der Waals surface area contributed by atoms with Crippen molar-refractivity contribution in [2.75, 3.05) is 0 Å². The molecule has 0 saturated carbocycles. The van der Waals surface area contributed by atoms with Gasteiger partial charge in [0.05, 0.1) is 23.4 Å². The van der Waals surface area contributed by atoms with Gasteiger partial charge in [-0.25, -0.2) is 4.99 Å². The first-order valence-corrected chi connectivity index (χ1v) is 11.9. The van der Waals surface area contributed by atoms with Crippen LogP contribution in [0.4, 0.5) is 5.69 Å². The van der Waals surface area contributed by atoms with E-state index >= 15 is 0 Å². The van der Waals surface area contributed by atoms with E-state index in [4.69, 9.17) is 9.41 Å². The van der Waals surface area contributed by atoms with Gasteiger partial charge in [-0.1, -0.05) is 43.3 Å². The largest absolute Gasteiger partial charge is 0.467 e. The number of carbonyl (C=O) groups is 1. The summed E-state index contributed by atoms with van der Waals surface area (Å²) in [5, 5.41) is 1.80. The van der Waals surface area contributed by atoms with Gasteiger partial charge in [-0.15, -0.1) is 0 Å². The minimum Gasteiger partial charge on any atom is -0.467 e. The molecule has 0 N–H and O–H groups in total. The highest BCUT2D eigenvalue weighted by Crippen LogP contribution is 2.37. The van der Waals surface area contributed by atoms with Crippen LogP contribution in [0.1, 0.15) is 37.6 Å². The van der Waals surface area contributed by atoms with Crippen LogP contribution in [-0.4, -0.2) is 20.5 Å². The Hall–Kier alpha value is -3.51. The maximum absolute atomic E-state index is 13.5. The van der Waals surface area contributed by atoms with E-state index in [1.54, 1.807) is 11.2 Å². The number of furan rings is 1. The zero-order valence-electron chi connectivity index (χ0n) is 18.6. The number of nitrogens with zero attached hydrogens (tertiary/aromatic N) is 3. The monoisotopic (exact) mass is 455 g/mol. The van der Waals surface area contributed by atoms with Gasteiger partial charge in [0.15, 0.2) is 5.17 Å². The molecule has 3 heterocycles. The molecular formula is C27H25N3O2S. The second-order valence-corrected chi connectivity index (χ2v) is 9.09. The topological polar surface area (TPSA) is 50.7 Å². The van der Waals surface area contributed by atoms with Crippen molar-refractivity contribution in [1.29, 1.82) is 0 Å². The Bertz CT molecular complexity index is 1340. The van der Waals surface area contributed by atoms with Crippen LogP contribution in [0.5, 0.6) is 0 Å². The SMILES string of the molecule is CC[C@@H](C)n1cc(/C=C2\SC(=Nc3ccccc3)N(Cc3ccco3)C2=O)c2ccccc21. The molecular weight excluding hydrogens is 430 g/mol. The van der Waals surface area contributed by atoms with Gasteiger partial charge in [-0.3, -0.25) is 9.69 Å². The fourth-order valence-electron chi connectivity index (χ4n) is 3.95. The highest BCUT2D eigenvalue weighted by molar-refractivity contribution is 8.18. The molecule has 1 amide bonds. The molecule has 0 aliphatic carbocycles. The molecule has 0 radical (unpaired) electrons. The van der Waals surface area contributed by atoms with Crippen LogP contribution in [0, 0.1) is 0 Å². The number of para-hydroxylation sites is 2. The van der Waals surface area contributed by atoms with Gasteiger partial charge in [0.25, 0.3) is 5.91 Å². The Balaban J connectivity index is 1.56. The number of aliphatic imine (C=N–C) groups is 1. The van der Waals surface area contributed by atoms with Gasteiger partial charge >= 0.3 is 0 Å². The molecule has 5 nitrogen and oxygen atoms in total. The number of benzene rings is 2. The van der Waals surface area contributed by atoms with Crippen LogP contribution >= 0.6 is 11.8 Å². The van der Waals surface area contributed by atoms with Crippen LogP contribution < -0.4 is 0 Å². The van der Waals surface area contributed by atoms with Gasteiger partial charge in [0.2, 0.25) is 0 Å². The molecule has 0 bridgehead atoms. The number of thioether (sulfide) groups is 1. The zero-order chi connectivity index (χ0) is 22.8. The van der Waals surface area contributed by atoms with E-state index in [9.17, 15) is 4.79 Å². The predicted octanol–water partition coefficient (Wildman–Crippen LogP) is 7.01. The van der Waals surface area contributed by atoms with Crippen molar-refractivity contribution in [1.82, 2.24) is 9.47 Å². The average Bonchev–Trinajstić information content (AvgIpc) is 3.56. The molecule has 2 aromatic carbocycles. The van der Waals surface area contributed by atoms with Crippen LogP contribution in [0.2, 0.25) is 0 Å². The number of hydrogen-bond acceptors (Lipinski definition) is 4. The highest BCUT2D eigenvalue weighted by Gasteiger charge is 2.34. The summed E-state index contributed by atoms with van der Waals surface area (Å²) in [5.74, 6) is 0.658. The Morgan fingerprint density at radius 3 is 2.61 bits per heavy atom. The molecule has 4 aromatic rings. The minimum atomic E-state index is -0.0635. The molecule has 1 aliphatic rings. The second-order valence-electron chi connectivity index (χ2n) is 8.08. The number of aromatic nitrogens is 1. The van der Waals surface area contributed by atoms with Crippen LogP contribution in [-0.2, 0) is 11.3 Å². The fourth-order valence-corrected chi connectivity index (χ4v) is 4.94. The molecule has 1 saturated heterocycles. The minimum absolute atomic E-state index is 0.0635. The summed E-state index contributed by atoms with van der Waals surface area (Å²) in [6.07, 6.45) is 6.81. The molecule has 0 spiro atoms. The van der Waals surface area contributed by atoms with Gasteiger partial charge in [0.1, 0.15) is 5.76 Å². The lowest BCUT2D eigenvalue weighted by Crippen LogP contribution is -2.28. The van der Waals surface area contributed by atoms with Crippen molar-refractivity contribution in [2.45, 2.75) is 32.9 Å². The molecule has 6 heteroatoms. The van der Waals surface area contributed by atoms with Crippen molar-refractivity contribution in [3.63, 3.8) is 0 Å². The molecule has 2 aromatic heterocycles. The maximum atomic E-state index is 13.5. The van der Waals surface area contributed by atoms with E-state index in [0.29, 0.717) is 22.7 Å². The lowest BCUT2D eigenvalue weighted by atomic mass is 10.1. The number of fused-ring (bicyclic) bond motifs is 1. The normalized spacial score (nSPS) is 17.5. The summed E-state index contributed by atoms with van der Waals surface area (Å²) in [4.78, 5) is 20.6. The summed E-state index contributed by atoms with van der Waals surface area (Å²) in [6, 6.07) is 22.1. The molecule has 33 heavy (non-hydrogen) atoms. The predicted molar refractivity (Wildman–Crippen MR) is 135 cm³/mol. The molecule has 1 atom stereocenters. The van der Waals surface area contributed by atoms with Crippen LogP contribution in [0.3, 0.4) is 0 Å². The smallest absolute Gasteiger partial charge is 0.267 e. The van der Waals surface area contributed by atoms with E-state index < -0.39 is 0 Å². The molecule has 0 unspecified atom stereocenters. The average molecular weight is 456 g/mol. The number of amides is 1. The Kier molecular flexibility index (Phi) is 5.92. The molecule has 1 aliphatic heterocycles. The van der Waals surface area contributed by atoms with E-state index in [0.717, 1.165) is 28.8 Å². The van der Waals surface area contributed by atoms with Crippen LogP contribution in [0.15, 0.2) is 93.5 Å². The lowest BCUT2D eigenvalue weighted by Gasteiger charge is -2.13. The standard InChI is InChI=1S/C27H25N3O2S/c1-3-19(2)29-17-20(23-13-7-8-14-24(23)29)16-25-26(31)30(18-22-12-9-15-32-22)27(33-25)28-21-10-5-4-6-11-21/h4-17,19H,3,18H2,1-2H3/b25-16-,28-27?/t19-/m1/s1. The summed E-state index contributed by atoms with van der Waals surface area (Å²) >= 11 is 1.41. The van der Waals surface area contributed by atoms with Crippen LogP contribution in [0.25, 0.3) is 17.0 Å². The Morgan fingerprint density at radius 2 is 1.85 bits per heavy atom. The first-order chi connectivity index (χ1) is 16.1. The first kappa shape index (κ1) is 21.3. The third kappa shape index (κ3) is 4.26. The van der Waals surface area contributed by atoms with Crippen molar-refractivity contribution in [3.8, 4) is 0 Å². The number of rotatable bonds is 6. The van der Waals surface area contributed by atoms with Gasteiger partial charge in [-0.2, -0.15) is 0 Å². The summed E-state index contributed by atoms with van der Waals surface area (Å²) in [5.41, 5.74) is 3.03. The first-order valence-electron chi connectivity index (χ1n) is 11.1. The van der Waals surface area contributed by atoms with Crippen molar-refractivity contribution in [3.05, 3.63) is 95.4 Å². The van der Waals surface area contributed by atoms with E-state index in [-0.39, 0.29) is 5.91 Å². The van der Waals surface area contributed by atoms with Gasteiger partial charge in [0, 0.05) is 28.7 Å². The van der Waals surface area contributed by atoms with E-state index in [2.05, 4.69) is 42.8 Å². The van der Waals surface area contributed by atoms with Gasteiger partial charge in [-0.05, 0) is 61.5 Å². The lowest BCUT2D eigenvalue weighted by molar-refractivity contribution is -0.122. The van der Waals surface area contributed by atoms with Crippen molar-refractivity contribution >= 4 is 45.5 Å². The van der Waals surface area contributed by atoms with Gasteiger partial charge < -0.3 is 8.98 Å². The van der Waals surface area contributed by atoms with E-state index in [1.807, 2.05) is 54.6 Å². The number of carbonyl (C=O) groups excluding carboxylic acids is 1. The Labute approximate surface area is 197 Å². The molecule has 166 valence electrons. The molecule has 5 rings (SSSR count). The zero-order valence-corrected chi connectivity index (χ0v) is 19.5. The third-order valence-corrected chi connectivity index (χ3v) is 6.89. The fraction of sp³-hybridized carbons (Fsp3) is 0.185. The Morgan fingerprint density at radius 1 is 1.06 bits per heavy atom. The summed E-state index contributed by atoms with van der Waals surface area (Å²) < 4.78 is 7.81. The summed E-state index contributed by atoms with van der Waals surface area (Å²) in [6.45, 7) is 4.75. The third-order valence-electron chi connectivity index (χ3n) is 5.89. The van der Waals surface area contributed by atoms with Crippen molar-refractivity contribution in [2.24, 2.45) is 4.99 Å². The number of amidine groups is 1. The molecule has 1 fully saturated rings. The second kappa shape index (κ2) is 9.16.